The number of hydrogen-bond acceptors (Lipinski definition) is 2. The molecule has 3 rings (SSSR count). The number of fused-ring (bicyclic) bond motifs is 1. The van der Waals surface area contributed by atoms with Crippen molar-refractivity contribution >= 4 is 10.8 Å². The molecule has 1 fully saturated rings. The van der Waals surface area contributed by atoms with E-state index in [1.807, 2.05) is 7.11 Å². The van der Waals surface area contributed by atoms with Gasteiger partial charge in [-0.25, -0.2) is 0 Å². The van der Waals surface area contributed by atoms with Gasteiger partial charge in [-0.15, -0.1) is 0 Å². The molecule has 2 aromatic carbocycles. The van der Waals surface area contributed by atoms with Crippen LogP contribution in [-0.4, -0.2) is 19.8 Å². The molecule has 1 aliphatic carbocycles. The molecular weight excluding hydrogens is 246 g/mol. The molecule has 0 aliphatic heterocycles. The van der Waals surface area contributed by atoms with E-state index < -0.39 is 0 Å². The predicted molar refractivity (Wildman–Crippen MR) is 83.9 cm³/mol. The van der Waals surface area contributed by atoms with Crippen molar-refractivity contribution in [3.05, 3.63) is 48.0 Å². The van der Waals surface area contributed by atoms with Crippen LogP contribution in [0.25, 0.3) is 10.8 Å². The van der Waals surface area contributed by atoms with E-state index in [-0.39, 0.29) is 12.1 Å². The van der Waals surface area contributed by atoms with Gasteiger partial charge < -0.3 is 10.1 Å². The number of hydrogen-bond donors (Lipinski definition) is 1. The molecule has 2 atom stereocenters. The lowest BCUT2D eigenvalue weighted by molar-refractivity contribution is 0.0516. The van der Waals surface area contributed by atoms with Gasteiger partial charge in [0.25, 0.3) is 0 Å². The number of likely N-dealkylation sites (N-methyl/N-ethyl adjacent to an activating group) is 1. The van der Waals surface area contributed by atoms with Crippen molar-refractivity contribution in [3.8, 4) is 0 Å². The van der Waals surface area contributed by atoms with Crippen molar-refractivity contribution in [3.63, 3.8) is 0 Å². The van der Waals surface area contributed by atoms with Crippen LogP contribution in [0.15, 0.2) is 42.5 Å². The number of rotatable bonds is 6. The summed E-state index contributed by atoms with van der Waals surface area (Å²) in [4.78, 5) is 0. The fraction of sp³-hybridized carbons (Fsp3) is 0.444. The summed E-state index contributed by atoms with van der Waals surface area (Å²) in [6.45, 7) is 3.12. The largest absolute Gasteiger partial charge is 0.379 e. The summed E-state index contributed by atoms with van der Waals surface area (Å²) in [5.74, 6) is 0.711. The SMILES string of the molecule is CCNC(c1cccc2ccccc12)C(OC)C1CC1. The highest BCUT2D eigenvalue weighted by molar-refractivity contribution is 5.86. The Labute approximate surface area is 121 Å². The van der Waals surface area contributed by atoms with Crippen LogP contribution in [0.2, 0.25) is 0 Å². The second-order valence-corrected chi connectivity index (χ2v) is 5.64. The van der Waals surface area contributed by atoms with Crippen LogP contribution in [0.3, 0.4) is 0 Å². The highest BCUT2D eigenvalue weighted by atomic mass is 16.5. The molecule has 0 amide bonds. The summed E-state index contributed by atoms with van der Waals surface area (Å²) >= 11 is 0. The Morgan fingerprint density at radius 2 is 1.90 bits per heavy atom. The van der Waals surface area contributed by atoms with Gasteiger partial charge in [-0.05, 0) is 41.6 Å². The molecule has 0 heterocycles. The van der Waals surface area contributed by atoms with Crippen LogP contribution < -0.4 is 5.32 Å². The maximum atomic E-state index is 5.83. The second kappa shape index (κ2) is 5.94. The summed E-state index contributed by atoms with van der Waals surface area (Å²) in [6.07, 6.45) is 2.87. The summed E-state index contributed by atoms with van der Waals surface area (Å²) < 4.78 is 5.83. The lowest BCUT2D eigenvalue weighted by Crippen LogP contribution is -2.34. The van der Waals surface area contributed by atoms with Crippen LogP contribution in [0.1, 0.15) is 31.4 Å². The fourth-order valence-corrected chi connectivity index (χ4v) is 3.17. The highest BCUT2D eigenvalue weighted by Gasteiger charge is 2.37. The van der Waals surface area contributed by atoms with Crippen molar-refractivity contribution in [1.29, 1.82) is 0 Å². The maximum Gasteiger partial charge on any atom is 0.0794 e. The van der Waals surface area contributed by atoms with E-state index in [1.165, 1.54) is 29.2 Å². The molecule has 2 heteroatoms. The zero-order valence-electron chi connectivity index (χ0n) is 12.3. The van der Waals surface area contributed by atoms with E-state index in [1.54, 1.807) is 0 Å². The molecule has 0 spiro atoms. The molecule has 0 bridgehead atoms. The molecule has 106 valence electrons. The van der Waals surface area contributed by atoms with Crippen LogP contribution in [-0.2, 0) is 4.74 Å². The molecule has 1 saturated carbocycles. The fourth-order valence-electron chi connectivity index (χ4n) is 3.17. The Morgan fingerprint density at radius 3 is 2.60 bits per heavy atom. The van der Waals surface area contributed by atoms with Gasteiger partial charge in [0.15, 0.2) is 0 Å². The van der Waals surface area contributed by atoms with Crippen molar-refractivity contribution in [1.82, 2.24) is 5.32 Å². The first kappa shape index (κ1) is 13.6. The molecule has 1 N–H and O–H groups in total. The van der Waals surface area contributed by atoms with E-state index in [0.717, 1.165) is 6.54 Å². The van der Waals surface area contributed by atoms with Gasteiger partial charge in [-0.2, -0.15) is 0 Å². The van der Waals surface area contributed by atoms with Gasteiger partial charge in [-0.3, -0.25) is 0 Å². The zero-order chi connectivity index (χ0) is 13.9. The summed E-state index contributed by atoms with van der Waals surface area (Å²) in [5.41, 5.74) is 1.36. The first-order chi connectivity index (χ1) is 9.85. The van der Waals surface area contributed by atoms with Gasteiger partial charge in [0.1, 0.15) is 0 Å². The molecule has 2 nitrogen and oxygen atoms in total. The molecule has 1 aliphatic rings. The lowest BCUT2D eigenvalue weighted by atomic mass is 9.93. The minimum Gasteiger partial charge on any atom is -0.379 e. The number of benzene rings is 2. The van der Waals surface area contributed by atoms with E-state index in [0.29, 0.717) is 5.92 Å². The van der Waals surface area contributed by atoms with Crippen molar-refractivity contribution in [2.45, 2.75) is 31.9 Å². The quantitative estimate of drug-likeness (QED) is 0.858. The van der Waals surface area contributed by atoms with Crippen molar-refractivity contribution in [2.75, 3.05) is 13.7 Å². The smallest absolute Gasteiger partial charge is 0.0794 e. The molecular formula is C18H23NO. The minimum atomic E-state index is 0.278. The lowest BCUT2D eigenvalue weighted by Gasteiger charge is -2.28. The average Bonchev–Trinajstić information content (AvgIpc) is 3.31. The van der Waals surface area contributed by atoms with E-state index in [9.17, 15) is 0 Å². The van der Waals surface area contributed by atoms with Crippen LogP contribution in [0.5, 0.6) is 0 Å². The first-order valence-corrected chi connectivity index (χ1v) is 7.59. The van der Waals surface area contributed by atoms with Gasteiger partial charge in [-0.1, -0.05) is 49.4 Å². The normalized spacial score (nSPS) is 18.1. The third-order valence-electron chi connectivity index (χ3n) is 4.27. The zero-order valence-corrected chi connectivity index (χ0v) is 12.3. The Morgan fingerprint density at radius 1 is 1.15 bits per heavy atom. The van der Waals surface area contributed by atoms with Crippen LogP contribution >= 0.6 is 0 Å². The summed E-state index contributed by atoms with van der Waals surface area (Å²) in [7, 11) is 1.85. The molecule has 0 radical (unpaired) electrons. The Hall–Kier alpha value is -1.38. The van der Waals surface area contributed by atoms with Gasteiger partial charge in [0.2, 0.25) is 0 Å². The number of nitrogens with one attached hydrogen (secondary N) is 1. The third-order valence-corrected chi connectivity index (χ3v) is 4.27. The molecule has 0 aromatic heterocycles. The second-order valence-electron chi connectivity index (χ2n) is 5.64. The van der Waals surface area contributed by atoms with E-state index >= 15 is 0 Å². The first-order valence-electron chi connectivity index (χ1n) is 7.59. The number of ether oxygens (including phenoxy) is 1. The van der Waals surface area contributed by atoms with Crippen LogP contribution in [0.4, 0.5) is 0 Å². The van der Waals surface area contributed by atoms with Crippen molar-refractivity contribution in [2.24, 2.45) is 5.92 Å². The van der Waals surface area contributed by atoms with Crippen molar-refractivity contribution < 1.29 is 4.74 Å². The van der Waals surface area contributed by atoms with Gasteiger partial charge in [0.05, 0.1) is 12.1 Å². The average molecular weight is 269 g/mol. The Bertz CT molecular complexity index is 571. The number of methoxy groups -OCH3 is 1. The highest BCUT2D eigenvalue weighted by Crippen LogP contribution is 2.41. The third kappa shape index (κ3) is 2.58. The Balaban J connectivity index is 2.04. The van der Waals surface area contributed by atoms with E-state index in [4.69, 9.17) is 4.74 Å². The monoisotopic (exact) mass is 269 g/mol. The summed E-state index contributed by atoms with van der Waals surface area (Å²) in [5, 5.41) is 6.28. The minimum absolute atomic E-state index is 0.278. The molecule has 0 saturated heterocycles. The van der Waals surface area contributed by atoms with Crippen LogP contribution in [0, 0.1) is 5.92 Å². The molecule has 2 unspecified atom stereocenters. The van der Waals surface area contributed by atoms with Gasteiger partial charge >= 0.3 is 0 Å². The summed E-state index contributed by atoms with van der Waals surface area (Å²) in [6, 6.07) is 15.5. The van der Waals surface area contributed by atoms with E-state index in [2.05, 4.69) is 54.7 Å². The maximum absolute atomic E-state index is 5.83. The Kier molecular flexibility index (Phi) is 4.04. The predicted octanol–water partition coefficient (Wildman–Crippen LogP) is 3.92. The molecule has 2 aromatic rings. The van der Waals surface area contributed by atoms with Gasteiger partial charge in [0, 0.05) is 7.11 Å². The standard InChI is InChI=1S/C18H23NO/c1-3-19-17(18(20-2)14-11-12-14)16-10-6-8-13-7-4-5-9-15(13)16/h4-10,14,17-19H,3,11-12H2,1-2H3. The molecule has 20 heavy (non-hydrogen) atoms. The topological polar surface area (TPSA) is 21.3 Å².